The van der Waals surface area contributed by atoms with Gasteiger partial charge in [0.05, 0.1) is 23.7 Å². The summed E-state index contributed by atoms with van der Waals surface area (Å²) in [6.07, 6.45) is 4.20. The van der Waals surface area contributed by atoms with Gasteiger partial charge in [-0.1, -0.05) is 11.6 Å². The lowest BCUT2D eigenvalue weighted by Gasteiger charge is -2.37. The number of hydrogen-bond donors (Lipinski definition) is 0. The van der Waals surface area contributed by atoms with Crippen molar-refractivity contribution in [2.75, 3.05) is 50.8 Å². The monoisotopic (exact) mass is 379 g/mol. The highest BCUT2D eigenvalue weighted by atomic mass is 35.5. The Kier molecular flexibility index (Phi) is 5.08. The van der Waals surface area contributed by atoms with Crippen LogP contribution in [-0.4, -0.2) is 67.9 Å². The number of hydrogen-bond acceptors (Lipinski definition) is 6. The van der Waals surface area contributed by atoms with Crippen molar-refractivity contribution in [3.63, 3.8) is 0 Å². The molecule has 4 rings (SSSR count). The highest BCUT2D eigenvalue weighted by molar-refractivity contribution is 6.30. The summed E-state index contributed by atoms with van der Waals surface area (Å²) in [5.74, 6) is 0.969. The molecule has 3 aliphatic rings. The first-order valence-electron chi connectivity index (χ1n) is 9.44. The van der Waals surface area contributed by atoms with Gasteiger partial charge in [0.15, 0.2) is 0 Å². The van der Waals surface area contributed by atoms with E-state index >= 15 is 0 Å². The van der Waals surface area contributed by atoms with Crippen LogP contribution in [-0.2, 0) is 14.3 Å². The molecule has 7 heteroatoms. The summed E-state index contributed by atoms with van der Waals surface area (Å²) in [4.78, 5) is 21.7. The maximum Gasteiger partial charge on any atom is 0.312 e. The molecule has 0 saturated carbocycles. The number of morpholine rings is 1. The number of piperidine rings is 1. The maximum atomic E-state index is 12.6. The van der Waals surface area contributed by atoms with Crippen molar-refractivity contribution >= 4 is 23.4 Å². The highest BCUT2D eigenvalue weighted by Gasteiger charge is 2.50. The fourth-order valence-electron chi connectivity index (χ4n) is 4.43. The summed E-state index contributed by atoms with van der Waals surface area (Å²) >= 11 is 6.02. The maximum absolute atomic E-state index is 12.6. The van der Waals surface area contributed by atoms with E-state index in [1.54, 1.807) is 6.20 Å². The van der Waals surface area contributed by atoms with Crippen LogP contribution in [0.4, 0.5) is 5.82 Å². The molecule has 1 aromatic rings. The molecule has 1 spiro atoms. The second-order valence-electron chi connectivity index (χ2n) is 7.71. The Balaban J connectivity index is 1.37. The standard InChI is InChI=1S/C19H26ClN3O3/c1-14-10-15(20)12-21-17(14)23-4-2-19(3-5-23)11-16(26-18(19)24)13-22-6-8-25-9-7-22/h10,12,16H,2-9,11,13H2,1H3. The second kappa shape index (κ2) is 7.33. The number of carbonyl (C=O) groups is 1. The number of aromatic nitrogens is 1. The van der Waals surface area contributed by atoms with Gasteiger partial charge >= 0.3 is 5.97 Å². The number of nitrogens with zero attached hydrogens (tertiary/aromatic N) is 3. The molecule has 6 nitrogen and oxygen atoms in total. The van der Waals surface area contributed by atoms with Gasteiger partial charge in [0.1, 0.15) is 11.9 Å². The Bertz CT molecular complexity index is 670. The molecule has 26 heavy (non-hydrogen) atoms. The molecule has 0 radical (unpaired) electrons. The zero-order valence-electron chi connectivity index (χ0n) is 15.2. The van der Waals surface area contributed by atoms with Crippen molar-refractivity contribution in [1.82, 2.24) is 9.88 Å². The van der Waals surface area contributed by atoms with Gasteiger partial charge in [0.25, 0.3) is 0 Å². The molecule has 142 valence electrons. The molecule has 3 saturated heterocycles. The number of carbonyl (C=O) groups excluding carboxylic acids is 1. The molecule has 3 fully saturated rings. The fraction of sp³-hybridized carbons (Fsp3) is 0.684. The van der Waals surface area contributed by atoms with Crippen molar-refractivity contribution < 1.29 is 14.3 Å². The summed E-state index contributed by atoms with van der Waals surface area (Å²) in [6, 6.07) is 1.94. The number of esters is 1. The Hall–Kier alpha value is -1.37. The predicted octanol–water partition coefficient (Wildman–Crippen LogP) is 2.28. The van der Waals surface area contributed by atoms with Gasteiger partial charge in [-0.2, -0.15) is 0 Å². The van der Waals surface area contributed by atoms with E-state index in [1.165, 1.54) is 0 Å². The second-order valence-corrected chi connectivity index (χ2v) is 8.14. The van der Waals surface area contributed by atoms with Crippen LogP contribution in [0.5, 0.6) is 0 Å². The quantitative estimate of drug-likeness (QED) is 0.751. The van der Waals surface area contributed by atoms with Crippen molar-refractivity contribution in [1.29, 1.82) is 0 Å². The van der Waals surface area contributed by atoms with Gasteiger partial charge in [-0.05, 0) is 31.4 Å². The van der Waals surface area contributed by atoms with Crippen molar-refractivity contribution in [2.45, 2.75) is 32.3 Å². The van der Waals surface area contributed by atoms with E-state index in [9.17, 15) is 4.79 Å². The summed E-state index contributed by atoms with van der Waals surface area (Å²) in [5.41, 5.74) is 0.765. The Morgan fingerprint density at radius 1 is 1.27 bits per heavy atom. The number of anilines is 1. The minimum Gasteiger partial charge on any atom is -0.461 e. The summed E-state index contributed by atoms with van der Waals surface area (Å²) in [7, 11) is 0. The molecule has 1 atom stereocenters. The average Bonchev–Trinajstić information content (AvgIpc) is 2.92. The minimum atomic E-state index is -0.312. The van der Waals surface area contributed by atoms with Crippen LogP contribution in [0.15, 0.2) is 12.3 Å². The van der Waals surface area contributed by atoms with Gasteiger partial charge in [-0.15, -0.1) is 0 Å². The van der Waals surface area contributed by atoms with Crippen LogP contribution in [0.3, 0.4) is 0 Å². The lowest BCUT2D eigenvalue weighted by Crippen LogP contribution is -2.43. The molecule has 1 aromatic heterocycles. The van der Waals surface area contributed by atoms with Gasteiger partial charge in [-0.3, -0.25) is 9.69 Å². The number of rotatable bonds is 3. The van der Waals surface area contributed by atoms with Gasteiger partial charge < -0.3 is 14.4 Å². The van der Waals surface area contributed by atoms with Crippen LogP contribution in [0.2, 0.25) is 5.02 Å². The Morgan fingerprint density at radius 2 is 2.00 bits per heavy atom. The molecule has 0 amide bonds. The third-order valence-corrected chi connectivity index (χ3v) is 6.13. The Labute approximate surface area is 159 Å². The lowest BCUT2D eigenvalue weighted by atomic mass is 9.76. The Morgan fingerprint density at radius 3 is 2.69 bits per heavy atom. The van der Waals surface area contributed by atoms with E-state index in [-0.39, 0.29) is 17.5 Å². The molecule has 0 N–H and O–H groups in total. The summed E-state index contributed by atoms with van der Waals surface area (Å²) < 4.78 is 11.2. The van der Waals surface area contributed by atoms with E-state index < -0.39 is 0 Å². The number of cyclic esters (lactones) is 1. The lowest BCUT2D eigenvalue weighted by molar-refractivity contribution is -0.150. The summed E-state index contributed by atoms with van der Waals surface area (Å²) in [6.45, 7) is 7.91. The molecule has 3 aliphatic heterocycles. The van der Waals surface area contributed by atoms with E-state index in [0.29, 0.717) is 5.02 Å². The van der Waals surface area contributed by atoms with Gasteiger partial charge in [-0.25, -0.2) is 4.98 Å². The van der Waals surface area contributed by atoms with Crippen molar-refractivity contribution in [3.05, 3.63) is 22.8 Å². The predicted molar refractivity (Wildman–Crippen MR) is 99.6 cm³/mol. The van der Waals surface area contributed by atoms with Crippen LogP contribution in [0.25, 0.3) is 0 Å². The van der Waals surface area contributed by atoms with Crippen molar-refractivity contribution in [2.24, 2.45) is 5.41 Å². The number of halogens is 1. The largest absolute Gasteiger partial charge is 0.461 e. The highest BCUT2D eigenvalue weighted by Crippen LogP contribution is 2.44. The van der Waals surface area contributed by atoms with E-state index in [0.717, 1.165) is 76.6 Å². The van der Waals surface area contributed by atoms with Crippen LogP contribution < -0.4 is 4.90 Å². The summed E-state index contributed by atoms with van der Waals surface area (Å²) in [5, 5.41) is 0.657. The zero-order valence-corrected chi connectivity index (χ0v) is 16.0. The molecule has 0 aliphatic carbocycles. The SMILES string of the molecule is Cc1cc(Cl)cnc1N1CCC2(CC1)CC(CN1CCOCC1)OC2=O. The third-order valence-electron chi connectivity index (χ3n) is 5.93. The zero-order chi connectivity index (χ0) is 18.1. The topological polar surface area (TPSA) is 54.9 Å². The third kappa shape index (κ3) is 3.55. The first-order valence-corrected chi connectivity index (χ1v) is 9.82. The van der Waals surface area contributed by atoms with Gasteiger partial charge in [0, 0.05) is 45.3 Å². The average molecular weight is 380 g/mol. The molecule has 1 unspecified atom stereocenters. The molecule has 0 aromatic carbocycles. The molecule has 0 bridgehead atoms. The van der Waals surface area contributed by atoms with Gasteiger partial charge in [0.2, 0.25) is 0 Å². The normalized spacial score (nSPS) is 26.3. The first-order chi connectivity index (χ1) is 12.6. The number of aryl methyl sites for hydroxylation is 1. The van der Waals surface area contributed by atoms with Crippen LogP contribution >= 0.6 is 11.6 Å². The van der Waals surface area contributed by atoms with E-state index in [1.807, 2.05) is 13.0 Å². The number of pyridine rings is 1. The first kappa shape index (κ1) is 18.0. The molecular weight excluding hydrogens is 354 g/mol. The van der Waals surface area contributed by atoms with Crippen LogP contribution in [0.1, 0.15) is 24.8 Å². The van der Waals surface area contributed by atoms with E-state index in [4.69, 9.17) is 21.1 Å². The van der Waals surface area contributed by atoms with Crippen LogP contribution in [0, 0.1) is 12.3 Å². The van der Waals surface area contributed by atoms with E-state index in [2.05, 4.69) is 14.8 Å². The molecule has 4 heterocycles. The minimum absolute atomic E-state index is 0.00352. The number of ether oxygens (including phenoxy) is 2. The smallest absolute Gasteiger partial charge is 0.312 e. The molecular formula is C19H26ClN3O3. The fourth-order valence-corrected chi connectivity index (χ4v) is 4.64. The van der Waals surface area contributed by atoms with Crippen molar-refractivity contribution in [3.8, 4) is 0 Å².